The fourth-order valence-corrected chi connectivity index (χ4v) is 5.94. The number of carboxylic acid groups (broad SMARTS) is 1. The maximum absolute atomic E-state index is 13.0. The number of hydrogen-bond donors (Lipinski definition) is 3. The van der Waals surface area contributed by atoms with Gasteiger partial charge in [0.15, 0.2) is 5.71 Å². The van der Waals surface area contributed by atoms with E-state index in [1.165, 1.54) is 52.3 Å². The van der Waals surface area contributed by atoms with Gasteiger partial charge in [0.2, 0.25) is 5.16 Å². The predicted octanol–water partition coefficient (Wildman–Crippen LogP) is -0.278. The van der Waals surface area contributed by atoms with E-state index in [0.29, 0.717) is 16.5 Å². The lowest BCUT2D eigenvalue weighted by molar-refractivity contribution is -0.150. The van der Waals surface area contributed by atoms with Crippen LogP contribution in [0.3, 0.4) is 0 Å². The average Bonchev–Trinajstić information content (AvgIpc) is 3.24. The van der Waals surface area contributed by atoms with Crippen molar-refractivity contribution in [2.45, 2.75) is 16.6 Å². The third-order valence-electron chi connectivity index (χ3n) is 4.98. The minimum absolute atomic E-state index is 0.0189. The second kappa shape index (κ2) is 10.1. The molecule has 14 nitrogen and oxygen atoms in total. The monoisotopic (exact) mass is 539 g/mol. The van der Waals surface area contributed by atoms with Gasteiger partial charge in [0, 0.05) is 18.6 Å². The van der Waals surface area contributed by atoms with E-state index < -0.39 is 29.2 Å². The molecule has 2 aliphatic heterocycles. The highest BCUT2D eigenvalue weighted by molar-refractivity contribution is 8.01. The first-order valence-electron chi connectivity index (χ1n) is 9.82. The first-order chi connectivity index (χ1) is 16.7. The van der Waals surface area contributed by atoms with Crippen molar-refractivity contribution in [1.29, 1.82) is 0 Å². The van der Waals surface area contributed by atoms with Crippen LogP contribution < -0.4 is 11.1 Å². The summed E-state index contributed by atoms with van der Waals surface area (Å²) in [7, 11) is 2.90. The van der Waals surface area contributed by atoms with Crippen LogP contribution in [-0.4, -0.2) is 88.7 Å². The summed E-state index contributed by atoms with van der Waals surface area (Å²) < 4.78 is 1.46. The summed E-state index contributed by atoms with van der Waals surface area (Å²) in [5, 5.41) is 27.2. The van der Waals surface area contributed by atoms with Gasteiger partial charge in [-0.15, -0.1) is 16.9 Å². The molecule has 2 aromatic rings. The molecule has 2 atom stereocenters. The first kappa shape index (κ1) is 24.7. The topological polar surface area (TPSA) is 191 Å². The van der Waals surface area contributed by atoms with Crippen molar-refractivity contribution in [1.82, 2.24) is 35.4 Å². The van der Waals surface area contributed by atoms with Crippen molar-refractivity contribution >= 4 is 64.4 Å². The Hall–Kier alpha value is -3.37. The van der Waals surface area contributed by atoms with Crippen LogP contribution >= 0.6 is 35.1 Å². The average molecular weight is 540 g/mol. The Morgan fingerprint density at radius 1 is 1.46 bits per heavy atom. The molecule has 2 aliphatic rings. The highest BCUT2D eigenvalue weighted by Gasteiger charge is 2.54. The fourth-order valence-electron chi connectivity index (χ4n) is 3.41. The molecule has 0 bridgehead atoms. The van der Waals surface area contributed by atoms with E-state index in [1.807, 2.05) is 0 Å². The number of nitrogen functional groups attached to an aromatic ring is 1. The number of halogens is 1. The predicted molar refractivity (Wildman–Crippen MR) is 126 cm³/mol. The standard InChI is InChI=1S/C18H18ClN9O5S2/c1-27-18(23-25-26-27)35-6-7-5-34-16-12(15(30)28(16)13(7)17(31)32)22-14(29)11(24-33-2)10-8(19)3-4-9(20)21-10/h3-4,12,16H,5-6H2,1-2H3,(H2,20,21)(H,22,29)(H,31,32)/t12?,16-/m0/s1. The van der Waals surface area contributed by atoms with Gasteiger partial charge in [-0.05, 0) is 28.1 Å². The van der Waals surface area contributed by atoms with Gasteiger partial charge in [0.05, 0.1) is 5.02 Å². The molecule has 184 valence electrons. The lowest BCUT2D eigenvalue weighted by Crippen LogP contribution is -2.71. The molecule has 1 unspecified atom stereocenters. The number of carbonyl (C=O) groups is 3. The molecule has 0 aliphatic carbocycles. The van der Waals surface area contributed by atoms with Crippen molar-refractivity contribution < 1.29 is 24.3 Å². The number of pyridine rings is 1. The number of amides is 2. The van der Waals surface area contributed by atoms with Crippen molar-refractivity contribution in [2.24, 2.45) is 12.2 Å². The number of fused-ring (bicyclic) bond motifs is 1. The number of β-lactam (4-membered cyclic amide) rings is 1. The molecule has 1 saturated heterocycles. The van der Waals surface area contributed by atoms with Crippen LogP contribution in [0.15, 0.2) is 33.7 Å². The van der Waals surface area contributed by atoms with Gasteiger partial charge in [0.25, 0.3) is 11.8 Å². The van der Waals surface area contributed by atoms with E-state index in [-0.39, 0.29) is 33.7 Å². The summed E-state index contributed by atoms with van der Waals surface area (Å²) in [6.07, 6.45) is 0. The highest BCUT2D eigenvalue weighted by Crippen LogP contribution is 2.41. The maximum Gasteiger partial charge on any atom is 0.352 e. The smallest absolute Gasteiger partial charge is 0.352 e. The third-order valence-corrected chi connectivity index (χ3v) is 7.72. The number of anilines is 1. The molecule has 0 aromatic carbocycles. The summed E-state index contributed by atoms with van der Waals surface area (Å²) in [6, 6.07) is 1.92. The summed E-state index contributed by atoms with van der Waals surface area (Å²) >= 11 is 8.72. The van der Waals surface area contributed by atoms with Crippen molar-refractivity contribution in [2.75, 3.05) is 24.3 Å². The number of aryl methyl sites for hydroxylation is 1. The molecule has 4 heterocycles. The molecular weight excluding hydrogens is 522 g/mol. The van der Waals surface area contributed by atoms with E-state index in [4.69, 9.17) is 22.2 Å². The number of tetrazole rings is 1. The molecule has 0 spiro atoms. The van der Waals surface area contributed by atoms with Gasteiger partial charge in [-0.25, -0.2) is 14.5 Å². The van der Waals surface area contributed by atoms with Crippen LogP contribution in [0.4, 0.5) is 5.82 Å². The van der Waals surface area contributed by atoms with Crippen molar-refractivity contribution in [3.8, 4) is 0 Å². The molecule has 35 heavy (non-hydrogen) atoms. The van der Waals surface area contributed by atoms with Crippen LogP contribution in [0, 0.1) is 0 Å². The first-order valence-corrected chi connectivity index (χ1v) is 12.2. The van der Waals surface area contributed by atoms with Crippen LogP contribution in [0.25, 0.3) is 0 Å². The number of aromatic nitrogens is 5. The van der Waals surface area contributed by atoms with Crippen LogP contribution in [-0.2, 0) is 26.3 Å². The molecule has 17 heteroatoms. The molecule has 4 rings (SSSR count). The number of nitrogens with zero attached hydrogens (tertiary/aromatic N) is 7. The Bertz CT molecular complexity index is 1270. The van der Waals surface area contributed by atoms with E-state index in [2.05, 4.69) is 31.0 Å². The summed E-state index contributed by atoms with van der Waals surface area (Å²) in [6.45, 7) is 0. The van der Waals surface area contributed by atoms with Crippen LogP contribution in [0.1, 0.15) is 5.69 Å². The summed E-state index contributed by atoms with van der Waals surface area (Å²) in [4.78, 5) is 47.9. The van der Waals surface area contributed by atoms with Gasteiger partial charge in [0.1, 0.15) is 35.7 Å². The van der Waals surface area contributed by atoms with Gasteiger partial charge >= 0.3 is 5.97 Å². The van der Waals surface area contributed by atoms with Crippen molar-refractivity contribution in [3.05, 3.63) is 34.1 Å². The number of nitrogens with one attached hydrogen (secondary N) is 1. The van der Waals surface area contributed by atoms with Gasteiger partial charge in [-0.1, -0.05) is 28.5 Å². The zero-order chi connectivity index (χ0) is 25.3. The molecule has 0 radical (unpaired) electrons. The van der Waals surface area contributed by atoms with E-state index in [9.17, 15) is 19.5 Å². The summed E-state index contributed by atoms with van der Waals surface area (Å²) in [5.74, 6) is -1.87. The Labute approximate surface area is 211 Å². The Kier molecular flexibility index (Phi) is 7.13. The van der Waals surface area contributed by atoms with Crippen molar-refractivity contribution in [3.63, 3.8) is 0 Å². The van der Waals surface area contributed by atoms with Gasteiger partial charge in [-0.3, -0.25) is 14.5 Å². The number of rotatable bonds is 8. The van der Waals surface area contributed by atoms with E-state index in [0.717, 1.165) is 0 Å². The second-order valence-electron chi connectivity index (χ2n) is 7.18. The largest absolute Gasteiger partial charge is 0.477 e. The molecular formula is C18H18ClN9O5S2. The molecule has 1 fully saturated rings. The third kappa shape index (κ3) is 4.76. The summed E-state index contributed by atoms with van der Waals surface area (Å²) in [5.41, 5.74) is 5.83. The number of carbonyl (C=O) groups excluding carboxylic acids is 2. The lowest BCUT2D eigenvalue weighted by atomic mass is 10.0. The zero-order valence-corrected chi connectivity index (χ0v) is 20.6. The number of oxime groups is 1. The van der Waals surface area contributed by atoms with E-state index >= 15 is 0 Å². The number of aliphatic carboxylic acids is 1. The number of hydrogen-bond acceptors (Lipinski definition) is 12. The minimum atomic E-state index is -1.24. The zero-order valence-electron chi connectivity index (χ0n) is 18.2. The Morgan fingerprint density at radius 2 is 2.23 bits per heavy atom. The SMILES string of the molecule is CON=C(C(=O)NC1C(=O)N2C(C(=O)O)=C(CSc3nnnn3C)CS[C@@H]12)c1nc(N)ccc1Cl. The number of nitrogens with two attached hydrogens (primary N) is 1. The highest BCUT2D eigenvalue weighted by atomic mass is 35.5. The Morgan fingerprint density at radius 3 is 2.89 bits per heavy atom. The van der Waals surface area contributed by atoms with Gasteiger partial charge in [-0.2, -0.15) is 0 Å². The fraction of sp³-hybridized carbons (Fsp3) is 0.333. The minimum Gasteiger partial charge on any atom is -0.477 e. The second-order valence-corrected chi connectivity index (χ2v) is 9.64. The maximum atomic E-state index is 13.0. The Balaban J connectivity index is 1.52. The quantitative estimate of drug-likeness (QED) is 0.172. The van der Waals surface area contributed by atoms with Crippen LogP contribution in [0.5, 0.6) is 0 Å². The van der Waals surface area contributed by atoms with Gasteiger partial charge < -0.3 is 21.0 Å². The van der Waals surface area contributed by atoms with E-state index in [1.54, 1.807) is 7.05 Å². The molecule has 0 saturated carbocycles. The number of carboxylic acids is 1. The van der Waals surface area contributed by atoms with Crippen LogP contribution in [0.2, 0.25) is 5.02 Å². The number of thioether (sulfide) groups is 2. The molecule has 2 amide bonds. The lowest BCUT2D eigenvalue weighted by Gasteiger charge is -2.49. The normalized spacial score (nSPS) is 19.8. The molecule has 4 N–H and O–H groups in total. The molecule has 2 aromatic heterocycles.